The van der Waals surface area contributed by atoms with E-state index >= 15 is 0 Å². The van der Waals surface area contributed by atoms with E-state index < -0.39 is 0 Å². The Morgan fingerprint density at radius 1 is 1.36 bits per heavy atom. The number of fused-ring (bicyclic) bond motifs is 1. The molecule has 0 bridgehead atoms. The highest BCUT2D eigenvalue weighted by Crippen LogP contribution is 2.33. The van der Waals surface area contributed by atoms with Gasteiger partial charge in [-0.25, -0.2) is 0 Å². The van der Waals surface area contributed by atoms with Crippen LogP contribution in [0.25, 0.3) is 0 Å². The monoisotopic (exact) mass is 188 g/mol. The third-order valence-corrected chi connectivity index (χ3v) is 3.57. The average Bonchev–Trinajstić information content (AvgIpc) is 2.56. The Labute approximate surface area is 87.3 Å². The molecule has 0 heteroatoms. The van der Waals surface area contributed by atoms with Crippen molar-refractivity contribution in [2.75, 3.05) is 0 Å². The fourth-order valence-corrected chi connectivity index (χ4v) is 2.57. The van der Waals surface area contributed by atoms with E-state index in [2.05, 4.69) is 39.0 Å². The SMILES string of the molecule is CCC(C)c1cccc2c1CC(C)C2. The van der Waals surface area contributed by atoms with Crippen molar-refractivity contribution in [1.82, 2.24) is 0 Å². The third kappa shape index (κ3) is 1.58. The van der Waals surface area contributed by atoms with Gasteiger partial charge in [-0.05, 0) is 47.8 Å². The zero-order valence-corrected chi connectivity index (χ0v) is 9.51. The molecule has 0 aliphatic heterocycles. The molecule has 2 atom stereocenters. The minimum Gasteiger partial charge on any atom is -0.0648 e. The second-order valence-corrected chi connectivity index (χ2v) is 4.81. The third-order valence-electron chi connectivity index (χ3n) is 3.57. The van der Waals surface area contributed by atoms with Gasteiger partial charge in [0, 0.05) is 0 Å². The molecule has 1 aliphatic rings. The molecular formula is C14H20. The van der Waals surface area contributed by atoms with Gasteiger partial charge in [-0.15, -0.1) is 0 Å². The summed E-state index contributed by atoms with van der Waals surface area (Å²) in [6, 6.07) is 6.87. The van der Waals surface area contributed by atoms with Gasteiger partial charge in [-0.1, -0.05) is 39.0 Å². The molecule has 1 aromatic carbocycles. The first-order valence-corrected chi connectivity index (χ1v) is 5.83. The van der Waals surface area contributed by atoms with Crippen LogP contribution in [0.1, 0.15) is 49.8 Å². The predicted octanol–water partition coefficient (Wildman–Crippen LogP) is 3.93. The van der Waals surface area contributed by atoms with Crippen LogP contribution in [0.15, 0.2) is 18.2 Å². The maximum absolute atomic E-state index is 2.36. The van der Waals surface area contributed by atoms with Crippen molar-refractivity contribution in [3.8, 4) is 0 Å². The summed E-state index contributed by atoms with van der Waals surface area (Å²) < 4.78 is 0. The zero-order chi connectivity index (χ0) is 10.1. The second-order valence-electron chi connectivity index (χ2n) is 4.81. The van der Waals surface area contributed by atoms with Crippen LogP contribution in [0.4, 0.5) is 0 Å². The predicted molar refractivity (Wildman–Crippen MR) is 61.7 cm³/mol. The van der Waals surface area contributed by atoms with Crippen molar-refractivity contribution in [2.45, 2.75) is 46.0 Å². The van der Waals surface area contributed by atoms with Crippen molar-refractivity contribution >= 4 is 0 Å². The lowest BCUT2D eigenvalue weighted by molar-refractivity contribution is 0.622. The van der Waals surface area contributed by atoms with Crippen molar-refractivity contribution in [2.24, 2.45) is 5.92 Å². The summed E-state index contributed by atoms with van der Waals surface area (Å²) in [5, 5.41) is 0. The molecule has 14 heavy (non-hydrogen) atoms. The summed E-state index contributed by atoms with van der Waals surface area (Å²) in [5.41, 5.74) is 4.87. The van der Waals surface area contributed by atoms with E-state index in [4.69, 9.17) is 0 Å². The van der Waals surface area contributed by atoms with Gasteiger partial charge < -0.3 is 0 Å². The Morgan fingerprint density at radius 2 is 2.14 bits per heavy atom. The van der Waals surface area contributed by atoms with Crippen LogP contribution >= 0.6 is 0 Å². The van der Waals surface area contributed by atoms with Gasteiger partial charge >= 0.3 is 0 Å². The molecule has 0 N–H and O–H groups in total. The Bertz CT molecular complexity index is 325. The van der Waals surface area contributed by atoms with Crippen LogP contribution in [-0.4, -0.2) is 0 Å². The van der Waals surface area contributed by atoms with Crippen molar-refractivity contribution in [3.63, 3.8) is 0 Å². The summed E-state index contributed by atoms with van der Waals surface area (Å²) in [4.78, 5) is 0. The highest BCUT2D eigenvalue weighted by Gasteiger charge is 2.21. The molecule has 0 nitrogen and oxygen atoms in total. The smallest absolute Gasteiger partial charge is 0.0190 e. The van der Waals surface area contributed by atoms with Gasteiger partial charge in [0.25, 0.3) is 0 Å². The van der Waals surface area contributed by atoms with E-state index in [0.29, 0.717) is 0 Å². The Balaban J connectivity index is 2.39. The summed E-state index contributed by atoms with van der Waals surface area (Å²) in [7, 11) is 0. The first-order valence-electron chi connectivity index (χ1n) is 5.83. The maximum atomic E-state index is 2.36. The van der Waals surface area contributed by atoms with Crippen molar-refractivity contribution in [3.05, 3.63) is 34.9 Å². The number of rotatable bonds is 2. The molecule has 0 heterocycles. The van der Waals surface area contributed by atoms with Gasteiger partial charge in [0.2, 0.25) is 0 Å². The van der Waals surface area contributed by atoms with Gasteiger partial charge in [-0.2, -0.15) is 0 Å². The molecule has 0 radical (unpaired) electrons. The maximum Gasteiger partial charge on any atom is -0.0190 e. The lowest BCUT2D eigenvalue weighted by atomic mass is 9.91. The summed E-state index contributed by atoms with van der Waals surface area (Å²) in [5.74, 6) is 1.59. The van der Waals surface area contributed by atoms with E-state index in [9.17, 15) is 0 Å². The molecule has 0 saturated heterocycles. The van der Waals surface area contributed by atoms with Gasteiger partial charge in [0.15, 0.2) is 0 Å². The number of hydrogen-bond donors (Lipinski definition) is 0. The molecule has 0 spiro atoms. The molecule has 2 rings (SSSR count). The summed E-state index contributed by atoms with van der Waals surface area (Å²) in [6.07, 6.45) is 3.85. The van der Waals surface area contributed by atoms with E-state index in [1.807, 2.05) is 0 Å². The molecule has 0 saturated carbocycles. The van der Waals surface area contributed by atoms with Gasteiger partial charge in [0.05, 0.1) is 0 Å². The summed E-state index contributed by atoms with van der Waals surface area (Å²) >= 11 is 0. The molecule has 0 fully saturated rings. The molecule has 1 aromatic rings. The van der Waals surface area contributed by atoms with Gasteiger partial charge in [0.1, 0.15) is 0 Å². The fraction of sp³-hybridized carbons (Fsp3) is 0.571. The fourth-order valence-electron chi connectivity index (χ4n) is 2.57. The van der Waals surface area contributed by atoms with Crippen LogP contribution in [0.3, 0.4) is 0 Å². The molecular weight excluding hydrogens is 168 g/mol. The first-order chi connectivity index (χ1) is 6.72. The van der Waals surface area contributed by atoms with Crippen LogP contribution in [0.2, 0.25) is 0 Å². The quantitative estimate of drug-likeness (QED) is 0.659. The molecule has 0 aromatic heterocycles. The molecule has 1 aliphatic carbocycles. The van der Waals surface area contributed by atoms with E-state index in [0.717, 1.165) is 11.8 Å². The minimum atomic E-state index is 0.732. The van der Waals surface area contributed by atoms with Crippen LogP contribution in [0, 0.1) is 5.92 Å². The molecule has 2 unspecified atom stereocenters. The van der Waals surface area contributed by atoms with Crippen LogP contribution in [-0.2, 0) is 12.8 Å². The second kappa shape index (κ2) is 3.76. The Hall–Kier alpha value is -0.780. The lowest BCUT2D eigenvalue weighted by Crippen LogP contribution is -1.98. The molecule has 0 amide bonds. The number of benzene rings is 1. The highest BCUT2D eigenvalue weighted by molar-refractivity contribution is 5.40. The average molecular weight is 188 g/mol. The van der Waals surface area contributed by atoms with Crippen molar-refractivity contribution in [1.29, 1.82) is 0 Å². The lowest BCUT2D eigenvalue weighted by Gasteiger charge is -2.14. The largest absolute Gasteiger partial charge is 0.0648 e. The topological polar surface area (TPSA) is 0 Å². The standard InChI is InChI=1S/C14H20/c1-4-11(3)13-7-5-6-12-8-10(2)9-14(12)13/h5-7,10-11H,4,8-9H2,1-3H3. The normalized spacial score (nSPS) is 22.1. The van der Waals surface area contributed by atoms with E-state index in [1.54, 1.807) is 16.7 Å². The number of hydrogen-bond acceptors (Lipinski definition) is 0. The Morgan fingerprint density at radius 3 is 2.86 bits per heavy atom. The van der Waals surface area contributed by atoms with E-state index in [-0.39, 0.29) is 0 Å². The summed E-state index contributed by atoms with van der Waals surface area (Å²) in [6.45, 7) is 6.99. The van der Waals surface area contributed by atoms with Crippen LogP contribution < -0.4 is 0 Å². The first kappa shape index (κ1) is 9.76. The van der Waals surface area contributed by atoms with Crippen LogP contribution in [0.5, 0.6) is 0 Å². The Kier molecular flexibility index (Phi) is 2.62. The van der Waals surface area contributed by atoms with Crippen molar-refractivity contribution < 1.29 is 0 Å². The minimum absolute atomic E-state index is 0.732. The zero-order valence-electron chi connectivity index (χ0n) is 9.51. The highest BCUT2D eigenvalue weighted by atomic mass is 14.3. The van der Waals surface area contributed by atoms with Gasteiger partial charge in [-0.3, -0.25) is 0 Å². The molecule has 76 valence electrons. The van der Waals surface area contributed by atoms with E-state index in [1.165, 1.54) is 19.3 Å².